The van der Waals surface area contributed by atoms with Gasteiger partial charge in [-0.15, -0.1) is 0 Å². The molecule has 1 aromatic heterocycles. The normalized spacial score (nSPS) is 14.4. The zero-order valence-corrected chi connectivity index (χ0v) is 11.5. The topological polar surface area (TPSA) is 56.2 Å². The Morgan fingerprint density at radius 1 is 1.71 bits per heavy atom. The van der Waals surface area contributed by atoms with Gasteiger partial charge in [-0.05, 0) is 13.5 Å². The van der Waals surface area contributed by atoms with Crippen molar-refractivity contribution in [3.05, 3.63) is 12.4 Å². The first-order valence-electron chi connectivity index (χ1n) is 5.47. The lowest BCUT2D eigenvalue weighted by Crippen LogP contribution is -2.52. The minimum atomic E-state index is -0.680. The molecule has 6 heteroatoms. The van der Waals surface area contributed by atoms with E-state index in [1.165, 1.54) is 18.9 Å². The molecular formula is C11H19N3O2S. The highest BCUT2D eigenvalue weighted by Crippen LogP contribution is 2.21. The summed E-state index contributed by atoms with van der Waals surface area (Å²) in [4.78, 5) is 16.0. The SMILES string of the molecule is CCNC(C)(CSc1nccn1C)C(=O)OC. The van der Waals surface area contributed by atoms with Crippen molar-refractivity contribution in [2.24, 2.45) is 7.05 Å². The van der Waals surface area contributed by atoms with Crippen molar-refractivity contribution in [2.45, 2.75) is 24.5 Å². The van der Waals surface area contributed by atoms with Gasteiger partial charge in [0.25, 0.3) is 0 Å². The number of thioether (sulfide) groups is 1. The quantitative estimate of drug-likeness (QED) is 0.610. The number of hydrogen-bond donors (Lipinski definition) is 1. The number of rotatable bonds is 6. The molecule has 0 amide bonds. The Morgan fingerprint density at radius 2 is 2.41 bits per heavy atom. The van der Waals surface area contributed by atoms with E-state index in [2.05, 4.69) is 10.3 Å². The molecule has 1 heterocycles. The third-order valence-corrected chi connectivity index (χ3v) is 3.84. The first-order valence-corrected chi connectivity index (χ1v) is 6.45. The summed E-state index contributed by atoms with van der Waals surface area (Å²) < 4.78 is 6.75. The van der Waals surface area contributed by atoms with E-state index in [1.54, 1.807) is 6.20 Å². The molecule has 1 unspecified atom stereocenters. The van der Waals surface area contributed by atoms with Crippen LogP contribution in [0.15, 0.2) is 17.6 Å². The van der Waals surface area contributed by atoms with Gasteiger partial charge in [-0.25, -0.2) is 4.98 Å². The highest BCUT2D eigenvalue weighted by Gasteiger charge is 2.33. The maximum Gasteiger partial charge on any atom is 0.326 e. The zero-order chi connectivity index (χ0) is 12.9. The number of ether oxygens (including phenoxy) is 1. The Kier molecular flexibility index (Phi) is 5.02. The number of likely N-dealkylation sites (N-methyl/N-ethyl adjacent to an activating group) is 1. The number of aromatic nitrogens is 2. The zero-order valence-electron chi connectivity index (χ0n) is 10.7. The van der Waals surface area contributed by atoms with Gasteiger partial charge < -0.3 is 14.6 Å². The molecule has 0 saturated heterocycles. The maximum atomic E-state index is 11.7. The molecule has 0 aliphatic heterocycles. The van der Waals surface area contributed by atoms with Crippen molar-refractivity contribution in [1.29, 1.82) is 0 Å². The molecular weight excluding hydrogens is 238 g/mol. The Labute approximate surface area is 106 Å². The van der Waals surface area contributed by atoms with Crippen LogP contribution in [-0.2, 0) is 16.6 Å². The lowest BCUT2D eigenvalue weighted by atomic mass is 10.1. The molecule has 0 aliphatic carbocycles. The van der Waals surface area contributed by atoms with Gasteiger partial charge in [-0.3, -0.25) is 4.79 Å². The van der Waals surface area contributed by atoms with Gasteiger partial charge in [0, 0.05) is 25.2 Å². The van der Waals surface area contributed by atoms with Crippen LogP contribution in [0.25, 0.3) is 0 Å². The van der Waals surface area contributed by atoms with Crippen LogP contribution in [0.5, 0.6) is 0 Å². The molecule has 0 spiro atoms. The summed E-state index contributed by atoms with van der Waals surface area (Å²) in [6.45, 7) is 4.53. The van der Waals surface area contributed by atoms with Crippen LogP contribution < -0.4 is 5.32 Å². The van der Waals surface area contributed by atoms with E-state index in [0.717, 1.165) is 5.16 Å². The number of nitrogens with one attached hydrogen (secondary N) is 1. The highest BCUT2D eigenvalue weighted by atomic mass is 32.2. The fourth-order valence-corrected chi connectivity index (χ4v) is 2.54. The van der Waals surface area contributed by atoms with Gasteiger partial charge >= 0.3 is 5.97 Å². The Balaban J connectivity index is 2.68. The van der Waals surface area contributed by atoms with Crippen molar-refractivity contribution >= 4 is 17.7 Å². The summed E-state index contributed by atoms with van der Waals surface area (Å²) in [6.07, 6.45) is 3.62. The van der Waals surface area contributed by atoms with Gasteiger partial charge in [0.2, 0.25) is 0 Å². The third-order valence-electron chi connectivity index (χ3n) is 2.47. The van der Waals surface area contributed by atoms with Crippen LogP contribution in [0.2, 0.25) is 0 Å². The summed E-state index contributed by atoms with van der Waals surface area (Å²) >= 11 is 1.53. The van der Waals surface area contributed by atoms with Gasteiger partial charge in [-0.2, -0.15) is 0 Å². The molecule has 0 saturated carbocycles. The lowest BCUT2D eigenvalue weighted by Gasteiger charge is -2.26. The summed E-state index contributed by atoms with van der Waals surface area (Å²) in [5, 5.41) is 4.05. The predicted octanol–water partition coefficient (Wildman–Crippen LogP) is 1.05. The van der Waals surface area contributed by atoms with Gasteiger partial charge in [0.15, 0.2) is 5.16 Å². The molecule has 1 aromatic rings. The summed E-state index contributed by atoms with van der Waals surface area (Å²) in [5.41, 5.74) is -0.680. The lowest BCUT2D eigenvalue weighted by molar-refractivity contribution is -0.146. The fourth-order valence-electron chi connectivity index (χ4n) is 1.50. The Bertz CT molecular complexity index is 381. The molecule has 96 valence electrons. The predicted molar refractivity (Wildman–Crippen MR) is 68.0 cm³/mol. The van der Waals surface area contributed by atoms with E-state index in [4.69, 9.17) is 4.74 Å². The van der Waals surface area contributed by atoms with Crippen molar-refractivity contribution in [3.8, 4) is 0 Å². The van der Waals surface area contributed by atoms with E-state index in [9.17, 15) is 4.79 Å². The second kappa shape index (κ2) is 6.07. The van der Waals surface area contributed by atoms with Gasteiger partial charge in [-0.1, -0.05) is 18.7 Å². The van der Waals surface area contributed by atoms with Crippen LogP contribution in [0.1, 0.15) is 13.8 Å². The van der Waals surface area contributed by atoms with Gasteiger partial charge in [0.05, 0.1) is 7.11 Å². The number of aryl methyl sites for hydroxylation is 1. The minimum absolute atomic E-state index is 0.249. The number of esters is 1. The molecule has 17 heavy (non-hydrogen) atoms. The number of hydrogen-bond acceptors (Lipinski definition) is 5. The molecule has 5 nitrogen and oxygen atoms in total. The van der Waals surface area contributed by atoms with E-state index in [-0.39, 0.29) is 5.97 Å². The smallest absolute Gasteiger partial charge is 0.326 e. The van der Waals surface area contributed by atoms with Crippen LogP contribution >= 0.6 is 11.8 Å². The highest BCUT2D eigenvalue weighted by molar-refractivity contribution is 7.99. The molecule has 1 N–H and O–H groups in total. The minimum Gasteiger partial charge on any atom is -0.468 e. The monoisotopic (exact) mass is 257 g/mol. The van der Waals surface area contributed by atoms with Crippen LogP contribution in [0.3, 0.4) is 0 Å². The Morgan fingerprint density at radius 3 is 2.88 bits per heavy atom. The van der Waals surface area contributed by atoms with Crippen LogP contribution in [0.4, 0.5) is 0 Å². The number of carbonyl (C=O) groups excluding carboxylic acids is 1. The molecule has 0 fully saturated rings. The first kappa shape index (κ1) is 14.1. The average molecular weight is 257 g/mol. The molecule has 1 atom stereocenters. The standard InChI is InChI=1S/C11H19N3O2S/c1-5-13-11(2,9(15)16-4)8-17-10-12-6-7-14(10)3/h6-7,13H,5,8H2,1-4H3. The fraction of sp³-hybridized carbons (Fsp3) is 0.636. The molecule has 0 radical (unpaired) electrons. The largest absolute Gasteiger partial charge is 0.468 e. The number of imidazole rings is 1. The first-order chi connectivity index (χ1) is 8.03. The number of methoxy groups -OCH3 is 1. The van der Waals surface area contributed by atoms with Gasteiger partial charge in [0.1, 0.15) is 5.54 Å². The van der Waals surface area contributed by atoms with Crippen LogP contribution in [0, 0.1) is 0 Å². The van der Waals surface area contributed by atoms with Crippen LogP contribution in [-0.4, -0.2) is 40.5 Å². The van der Waals surface area contributed by atoms with E-state index >= 15 is 0 Å². The van der Waals surface area contributed by atoms with E-state index in [0.29, 0.717) is 12.3 Å². The van der Waals surface area contributed by atoms with E-state index < -0.39 is 5.54 Å². The second-order valence-electron chi connectivity index (χ2n) is 3.96. The van der Waals surface area contributed by atoms with Crippen molar-refractivity contribution in [2.75, 3.05) is 19.4 Å². The second-order valence-corrected chi connectivity index (χ2v) is 4.91. The van der Waals surface area contributed by atoms with Crippen molar-refractivity contribution < 1.29 is 9.53 Å². The summed E-state index contributed by atoms with van der Waals surface area (Å²) in [6, 6.07) is 0. The number of carbonyl (C=O) groups is 1. The summed E-state index contributed by atoms with van der Waals surface area (Å²) in [5.74, 6) is 0.333. The van der Waals surface area contributed by atoms with E-state index in [1.807, 2.05) is 31.7 Å². The number of nitrogens with zero attached hydrogens (tertiary/aromatic N) is 2. The molecule has 0 bridgehead atoms. The summed E-state index contributed by atoms with van der Waals surface area (Å²) in [7, 11) is 3.33. The average Bonchev–Trinajstić information content (AvgIpc) is 2.71. The maximum absolute atomic E-state index is 11.7. The molecule has 0 aromatic carbocycles. The molecule has 1 rings (SSSR count). The molecule has 0 aliphatic rings. The third kappa shape index (κ3) is 3.47. The van der Waals surface area contributed by atoms with Crippen molar-refractivity contribution in [3.63, 3.8) is 0 Å². The van der Waals surface area contributed by atoms with Crippen molar-refractivity contribution in [1.82, 2.24) is 14.9 Å². The Hall–Kier alpha value is -1.01.